The molecule has 0 saturated heterocycles. The number of H-pyrrole nitrogens is 2. The number of nitrogens with one attached hydrogen (secondary N) is 3. The van der Waals surface area contributed by atoms with Crippen molar-refractivity contribution < 1.29 is 9.18 Å². The molecule has 2 aromatic heterocycles. The lowest BCUT2D eigenvalue weighted by atomic mass is 10.1. The van der Waals surface area contributed by atoms with Crippen LogP contribution in [0.3, 0.4) is 0 Å². The second-order valence-corrected chi connectivity index (χ2v) is 6.19. The van der Waals surface area contributed by atoms with Gasteiger partial charge in [-0.1, -0.05) is 0 Å². The summed E-state index contributed by atoms with van der Waals surface area (Å²) in [6.07, 6.45) is 1.47. The number of hydrogen-bond donors (Lipinski definition) is 3. The largest absolute Gasteiger partial charge is 0.323 e. The van der Waals surface area contributed by atoms with Gasteiger partial charge in [-0.25, -0.2) is 9.18 Å². The zero-order valence-corrected chi connectivity index (χ0v) is 14.3. The van der Waals surface area contributed by atoms with Crippen molar-refractivity contribution in [1.29, 1.82) is 0 Å². The van der Waals surface area contributed by atoms with Crippen LogP contribution in [0.4, 0.5) is 10.1 Å². The SMILES string of the molecule is Cc1cc(-c2ccc(C(=O)Nc3ccc4[nH]c(=O)[nH]c4c3)cn2)ccc1F. The first-order valence-corrected chi connectivity index (χ1v) is 8.25. The van der Waals surface area contributed by atoms with Crippen molar-refractivity contribution in [3.05, 3.63) is 82.2 Å². The van der Waals surface area contributed by atoms with Crippen LogP contribution in [0.1, 0.15) is 15.9 Å². The Morgan fingerprint density at radius 2 is 1.85 bits per heavy atom. The number of fused-ring (bicyclic) bond motifs is 1. The second-order valence-electron chi connectivity index (χ2n) is 6.19. The van der Waals surface area contributed by atoms with Crippen molar-refractivity contribution in [3.63, 3.8) is 0 Å². The summed E-state index contributed by atoms with van der Waals surface area (Å²) in [6, 6.07) is 13.2. The minimum absolute atomic E-state index is 0.268. The Bertz CT molecular complexity index is 1210. The number of imidazole rings is 1. The summed E-state index contributed by atoms with van der Waals surface area (Å²) in [4.78, 5) is 33.3. The molecule has 2 heterocycles. The number of aromatic nitrogens is 3. The van der Waals surface area contributed by atoms with E-state index in [9.17, 15) is 14.0 Å². The zero-order chi connectivity index (χ0) is 19.0. The van der Waals surface area contributed by atoms with Crippen molar-refractivity contribution in [2.24, 2.45) is 0 Å². The lowest BCUT2D eigenvalue weighted by Gasteiger charge is -2.07. The summed E-state index contributed by atoms with van der Waals surface area (Å²) in [6.45, 7) is 1.69. The number of rotatable bonds is 3. The summed E-state index contributed by atoms with van der Waals surface area (Å²) < 4.78 is 13.4. The number of carbonyl (C=O) groups is 1. The molecule has 0 fully saturated rings. The maximum absolute atomic E-state index is 13.4. The number of carbonyl (C=O) groups excluding carboxylic acids is 1. The Labute approximate surface area is 153 Å². The van der Waals surface area contributed by atoms with Gasteiger partial charge in [0.1, 0.15) is 5.82 Å². The molecule has 134 valence electrons. The number of aromatic amines is 2. The van der Waals surface area contributed by atoms with E-state index >= 15 is 0 Å². The highest BCUT2D eigenvalue weighted by Gasteiger charge is 2.09. The quantitative estimate of drug-likeness (QED) is 0.520. The average molecular weight is 362 g/mol. The van der Waals surface area contributed by atoms with Crippen LogP contribution in [0.15, 0.2) is 59.5 Å². The van der Waals surface area contributed by atoms with E-state index in [1.54, 1.807) is 49.4 Å². The Morgan fingerprint density at radius 3 is 2.59 bits per heavy atom. The van der Waals surface area contributed by atoms with E-state index in [0.717, 1.165) is 5.56 Å². The normalized spacial score (nSPS) is 10.9. The average Bonchev–Trinajstić information content (AvgIpc) is 3.03. The summed E-state index contributed by atoms with van der Waals surface area (Å²) in [5.41, 5.74) is 3.89. The van der Waals surface area contributed by atoms with Crippen LogP contribution in [-0.4, -0.2) is 20.9 Å². The summed E-state index contributed by atoms with van der Waals surface area (Å²) in [5, 5.41) is 2.77. The summed E-state index contributed by atoms with van der Waals surface area (Å²) in [7, 11) is 0. The minimum Gasteiger partial charge on any atom is -0.322 e. The summed E-state index contributed by atoms with van der Waals surface area (Å²) >= 11 is 0. The number of hydrogen-bond acceptors (Lipinski definition) is 3. The van der Waals surface area contributed by atoms with Crippen molar-refractivity contribution in [3.8, 4) is 11.3 Å². The van der Waals surface area contributed by atoms with Gasteiger partial charge in [-0.2, -0.15) is 0 Å². The number of nitrogens with zero attached hydrogens (tertiary/aromatic N) is 1. The van der Waals surface area contributed by atoms with Gasteiger partial charge in [0.15, 0.2) is 0 Å². The standard InChI is InChI=1S/C20H15FN4O2/c1-11-8-12(2-5-15(11)21)16-6-3-13(10-22-16)19(26)23-14-4-7-17-18(9-14)25-20(27)24-17/h2-10H,1H3,(H,23,26)(H2,24,25,27). The lowest BCUT2D eigenvalue weighted by Crippen LogP contribution is -2.12. The van der Waals surface area contributed by atoms with E-state index in [1.165, 1.54) is 12.3 Å². The molecule has 0 radical (unpaired) electrons. The van der Waals surface area contributed by atoms with E-state index in [4.69, 9.17) is 0 Å². The molecule has 0 aliphatic heterocycles. The Balaban J connectivity index is 1.54. The van der Waals surface area contributed by atoms with Gasteiger partial charge in [0.2, 0.25) is 0 Å². The third-order valence-corrected chi connectivity index (χ3v) is 4.25. The van der Waals surface area contributed by atoms with E-state index in [1.807, 2.05) is 0 Å². The molecule has 0 bridgehead atoms. The third-order valence-electron chi connectivity index (χ3n) is 4.25. The Hall–Kier alpha value is -3.74. The molecular weight excluding hydrogens is 347 g/mol. The van der Waals surface area contributed by atoms with Gasteiger partial charge in [0.25, 0.3) is 5.91 Å². The van der Waals surface area contributed by atoms with Crippen molar-refractivity contribution >= 4 is 22.6 Å². The van der Waals surface area contributed by atoms with Crippen molar-refractivity contribution in [1.82, 2.24) is 15.0 Å². The molecule has 0 aliphatic rings. The van der Waals surface area contributed by atoms with Gasteiger partial charge in [-0.15, -0.1) is 0 Å². The molecule has 1 amide bonds. The Morgan fingerprint density at radius 1 is 1.04 bits per heavy atom. The molecule has 0 aliphatic carbocycles. The van der Waals surface area contributed by atoms with Gasteiger partial charge < -0.3 is 15.3 Å². The zero-order valence-electron chi connectivity index (χ0n) is 14.3. The molecule has 4 rings (SSSR count). The molecule has 6 nitrogen and oxygen atoms in total. The smallest absolute Gasteiger partial charge is 0.322 e. The highest BCUT2D eigenvalue weighted by Crippen LogP contribution is 2.21. The molecular formula is C20H15FN4O2. The second kappa shape index (κ2) is 6.53. The van der Waals surface area contributed by atoms with Crippen molar-refractivity contribution in [2.45, 2.75) is 6.92 Å². The third kappa shape index (κ3) is 3.35. The predicted molar refractivity (Wildman–Crippen MR) is 101 cm³/mol. The molecule has 7 heteroatoms. The van der Waals surface area contributed by atoms with Crippen LogP contribution in [0.25, 0.3) is 22.3 Å². The summed E-state index contributed by atoms with van der Waals surface area (Å²) in [5.74, 6) is -0.586. The van der Waals surface area contributed by atoms with Crippen LogP contribution >= 0.6 is 0 Å². The van der Waals surface area contributed by atoms with E-state index in [0.29, 0.717) is 33.5 Å². The molecule has 0 saturated carbocycles. The van der Waals surface area contributed by atoms with Gasteiger partial charge in [-0.3, -0.25) is 9.78 Å². The molecule has 2 aromatic carbocycles. The van der Waals surface area contributed by atoms with Gasteiger partial charge in [0, 0.05) is 17.4 Å². The topological polar surface area (TPSA) is 90.6 Å². The molecule has 4 aromatic rings. The van der Waals surface area contributed by atoms with E-state index in [2.05, 4.69) is 20.3 Å². The first-order chi connectivity index (χ1) is 13.0. The fourth-order valence-corrected chi connectivity index (χ4v) is 2.82. The Kier molecular flexibility index (Phi) is 4.04. The highest BCUT2D eigenvalue weighted by atomic mass is 19.1. The van der Waals surface area contributed by atoms with Crippen LogP contribution in [0.5, 0.6) is 0 Å². The fraction of sp³-hybridized carbons (Fsp3) is 0.0500. The monoisotopic (exact) mass is 362 g/mol. The van der Waals surface area contributed by atoms with Crippen LogP contribution in [0.2, 0.25) is 0 Å². The lowest BCUT2D eigenvalue weighted by molar-refractivity contribution is 0.102. The number of anilines is 1. The number of aryl methyl sites for hydroxylation is 1. The molecule has 27 heavy (non-hydrogen) atoms. The first kappa shape index (κ1) is 16.7. The van der Waals surface area contributed by atoms with Gasteiger partial charge >= 0.3 is 5.69 Å². The van der Waals surface area contributed by atoms with Crippen molar-refractivity contribution in [2.75, 3.05) is 5.32 Å². The van der Waals surface area contributed by atoms with Crippen LogP contribution in [0, 0.1) is 12.7 Å². The number of amides is 1. The van der Waals surface area contributed by atoms with E-state index < -0.39 is 0 Å². The van der Waals surface area contributed by atoms with Gasteiger partial charge in [0.05, 0.1) is 22.3 Å². The van der Waals surface area contributed by atoms with Gasteiger partial charge in [-0.05, 0) is 61.0 Å². The number of pyridine rings is 1. The fourth-order valence-electron chi connectivity index (χ4n) is 2.82. The molecule has 3 N–H and O–H groups in total. The maximum Gasteiger partial charge on any atom is 0.323 e. The number of benzene rings is 2. The first-order valence-electron chi connectivity index (χ1n) is 8.25. The minimum atomic E-state index is -0.318. The molecule has 0 spiro atoms. The maximum atomic E-state index is 13.4. The molecule has 0 atom stereocenters. The van der Waals surface area contributed by atoms with E-state index in [-0.39, 0.29) is 17.4 Å². The van der Waals surface area contributed by atoms with Crippen LogP contribution < -0.4 is 11.0 Å². The predicted octanol–water partition coefficient (Wildman–Crippen LogP) is 3.62. The van der Waals surface area contributed by atoms with Crippen LogP contribution in [-0.2, 0) is 0 Å². The number of halogens is 1. The molecule has 0 unspecified atom stereocenters. The highest BCUT2D eigenvalue weighted by molar-refractivity contribution is 6.04.